The van der Waals surface area contributed by atoms with Crippen molar-refractivity contribution in [3.05, 3.63) is 58.6 Å². The van der Waals surface area contributed by atoms with E-state index in [1.165, 1.54) is 0 Å². The first-order chi connectivity index (χ1) is 13.0. The van der Waals surface area contributed by atoms with Gasteiger partial charge in [0.15, 0.2) is 17.2 Å². The molecule has 1 fully saturated rings. The van der Waals surface area contributed by atoms with E-state index in [0.717, 1.165) is 29.9 Å². The first-order valence-electron chi connectivity index (χ1n) is 9.03. The highest BCUT2D eigenvalue weighted by Gasteiger charge is 2.34. The van der Waals surface area contributed by atoms with Gasteiger partial charge in [0, 0.05) is 29.3 Å². The predicted octanol–water partition coefficient (Wildman–Crippen LogP) is 5.08. The van der Waals surface area contributed by atoms with E-state index < -0.39 is 0 Å². The van der Waals surface area contributed by atoms with E-state index in [-0.39, 0.29) is 23.6 Å². The number of carbonyl (C=O) groups excluding carboxylic acids is 1. The van der Waals surface area contributed by atoms with Crippen molar-refractivity contribution >= 4 is 17.5 Å². The lowest BCUT2D eigenvalue weighted by Gasteiger charge is -2.21. The van der Waals surface area contributed by atoms with Gasteiger partial charge in [-0.25, -0.2) is 0 Å². The van der Waals surface area contributed by atoms with Crippen LogP contribution in [0.15, 0.2) is 45.4 Å². The molecule has 3 aromatic rings. The minimum Gasteiger partial charge on any atom is -0.359 e. The molecule has 27 heavy (non-hydrogen) atoms. The van der Waals surface area contributed by atoms with Gasteiger partial charge in [-0.3, -0.25) is 4.79 Å². The second-order valence-electron chi connectivity index (χ2n) is 7.05. The van der Waals surface area contributed by atoms with Gasteiger partial charge in [-0.05, 0) is 30.9 Å². The van der Waals surface area contributed by atoms with Crippen LogP contribution < -0.4 is 0 Å². The predicted molar refractivity (Wildman–Crippen MR) is 101 cm³/mol. The van der Waals surface area contributed by atoms with Gasteiger partial charge >= 0.3 is 0 Å². The topological polar surface area (TPSA) is 72.4 Å². The minimum absolute atomic E-state index is 0.121. The van der Waals surface area contributed by atoms with Gasteiger partial charge in [-0.15, -0.1) is 0 Å². The quantitative estimate of drug-likeness (QED) is 0.625. The van der Waals surface area contributed by atoms with Gasteiger partial charge in [0.25, 0.3) is 5.91 Å². The Labute approximate surface area is 162 Å². The van der Waals surface area contributed by atoms with E-state index in [1.54, 1.807) is 23.1 Å². The van der Waals surface area contributed by atoms with E-state index >= 15 is 0 Å². The molecule has 3 heterocycles. The molecular formula is C20H20ClN3O3. The van der Waals surface area contributed by atoms with Crippen molar-refractivity contribution in [2.75, 3.05) is 6.54 Å². The molecule has 0 radical (unpaired) electrons. The molecular weight excluding hydrogens is 366 g/mol. The van der Waals surface area contributed by atoms with Crippen LogP contribution in [0.2, 0.25) is 5.02 Å². The molecule has 140 valence electrons. The summed E-state index contributed by atoms with van der Waals surface area (Å²) in [7, 11) is 0. The van der Waals surface area contributed by atoms with E-state index in [0.29, 0.717) is 17.3 Å². The lowest BCUT2D eigenvalue weighted by molar-refractivity contribution is 0.0704. The number of carbonyl (C=O) groups is 1. The number of nitrogens with zero attached hydrogens (tertiary/aromatic N) is 3. The van der Waals surface area contributed by atoms with Crippen molar-refractivity contribution in [3.63, 3.8) is 0 Å². The van der Waals surface area contributed by atoms with E-state index in [2.05, 4.69) is 24.2 Å². The van der Waals surface area contributed by atoms with E-state index in [9.17, 15) is 4.79 Å². The highest BCUT2D eigenvalue weighted by atomic mass is 35.5. The fourth-order valence-electron chi connectivity index (χ4n) is 3.34. The summed E-state index contributed by atoms with van der Waals surface area (Å²) < 4.78 is 10.9. The van der Waals surface area contributed by atoms with E-state index in [4.69, 9.17) is 20.6 Å². The third kappa shape index (κ3) is 3.49. The third-order valence-electron chi connectivity index (χ3n) is 4.82. The zero-order valence-corrected chi connectivity index (χ0v) is 15.9. The minimum atomic E-state index is -0.169. The second kappa shape index (κ2) is 7.19. The molecule has 6 nitrogen and oxygen atoms in total. The summed E-state index contributed by atoms with van der Waals surface area (Å²) in [4.78, 5) is 14.8. The van der Waals surface area contributed by atoms with Crippen LogP contribution in [0.25, 0.3) is 11.3 Å². The highest BCUT2D eigenvalue weighted by molar-refractivity contribution is 6.30. The van der Waals surface area contributed by atoms with Crippen molar-refractivity contribution in [1.29, 1.82) is 0 Å². The lowest BCUT2D eigenvalue weighted by Crippen LogP contribution is -2.30. The number of hydrogen-bond acceptors (Lipinski definition) is 5. The average molecular weight is 386 g/mol. The fourth-order valence-corrected chi connectivity index (χ4v) is 3.53. The van der Waals surface area contributed by atoms with Crippen molar-refractivity contribution < 1.29 is 13.8 Å². The van der Waals surface area contributed by atoms with Gasteiger partial charge in [0.05, 0.1) is 11.7 Å². The third-order valence-corrected chi connectivity index (χ3v) is 5.05. The normalized spacial score (nSPS) is 17.0. The van der Waals surface area contributed by atoms with Gasteiger partial charge in [-0.1, -0.05) is 47.9 Å². The number of halogens is 1. The molecule has 1 aliphatic heterocycles. The number of benzene rings is 1. The Bertz CT molecular complexity index is 963. The Kier molecular flexibility index (Phi) is 4.74. The Morgan fingerprint density at radius 1 is 1.22 bits per heavy atom. The van der Waals surface area contributed by atoms with Crippen LogP contribution >= 0.6 is 11.6 Å². The summed E-state index contributed by atoms with van der Waals surface area (Å²) in [6.07, 6.45) is 1.75. The number of rotatable bonds is 4. The average Bonchev–Trinajstić information content (AvgIpc) is 3.40. The van der Waals surface area contributed by atoms with Crippen LogP contribution in [-0.2, 0) is 0 Å². The van der Waals surface area contributed by atoms with Crippen LogP contribution in [0, 0.1) is 0 Å². The Morgan fingerprint density at radius 2 is 2.07 bits per heavy atom. The summed E-state index contributed by atoms with van der Waals surface area (Å²) >= 11 is 6.03. The SMILES string of the molecule is CC(C)c1cc([C@@H]2CCCN2C(=O)c2cc(-c3cccc(Cl)c3)on2)on1. The number of amides is 1. The summed E-state index contributed by atoms with van der Waals surface area (Å²) in [5, 5.41) is 8.69. The maximum atomic E-state index is 13.0. The van der Waals surface area contributed by atoms with Crippen LogP contribution in [0.4, 0.5) is 0 Å². The van der Waals surface area contributed by atoms with Crippen molar-refractivity contribution in [3.8, 4) is 11.3 Å². The maximum absolute atomic E-state index is 13.0. The molecule has 0 saturated carbocycles. The first kappa shape index (κ1) is 17.8. The molecule has 0 bridgehead atoms. The summed E-state index contributed by atoms with van der Waals surface area (Å²) in [6.45, 7) is 4.78. The molecule has 0 spiro atoms. The number of hydrogen-bond donors (Lipinski definition) is 0. The van der Waals surface area contributed by atoms with E-state index in [1.807, 2.05) is 18.2 Å². The molecule has 4 rings (SSSR count). The zero-order valence-electron chi connectivity index (χ0n) is 15.2. The monoisotopic (exact) mass is 385 g/mol. The molecule has 1 amide bonds. The van der Waals surface area contributed by atoms with Crippen LogP contribution in [0.5, 0.6) is 0 Å². The molecule has 0 unspecified atom stereocenters. The largest absolute Gasteiger partial charge is 0.359 e. The van der Waals surface area contributed by atoms with Gasteiger partial charge in [0.2, 0.25) is 0 Å². The Balaban J connectivity index is 1.56. The first-order valence-corrected chi connectivity index (χ1v) is 9.41. The standard InChI is InChI=1S/C20H20ClN3O3/c1-12(2)15-10-19(27-22-15)17-7-4-8-24(17)20(25)16-11-18(26-23-16)13-5-3-6-14(21)9-13/h3,5-6,9-12,17H,4,7-8H2,1-2H3/t17-/m0/s1. The molecule has 1 saturated heterocycles. The molecule has 0 aliphatic carbocycles. The molecule has 1 atom stereocenters. The summed E-state index contributed by atoms with van der Waals surface area (Å²) in [5.74, 6) is 1.35. The Hall–Kier alpha value is -2.60. The summed E-state index contributed by atoms with van der Waals surface area (Å²) in [6, 6.07) is 10.7. The fraction of sp³-hybridized carbons (Fsp3) is 0.350. The van der Waals surface area contributed by atoms with Gasteiger partial charge in [0.1, 0.15) is 0 Å². The number of aromatic nitrogens is 2. The van der Waals surface area contributed by atoms with Crippen LogP contribution in [0.1, 0.15) is 60.6 Å². The summed E-state index contributed by atoms with van der Waals surface area (Å²) in [5.41, 5.74) is 1.96. The van der Waals surface area contributed by atoms with Crippen LogP contribution in [-0.4, -0.2) is 27.7 Å². The smallest absolute Gasteiger partial charge is 0.276 e. The molecule has 7 heteroatoms. The highest BCUT2D eigenvalue weighted by Crippen LogP contribution is 2.34. The van der Waals surface area contributed by atoms with Gasteiger partial charge < -0.3 is 13.9 Å². The van der Waals surface area contributed by atoms with Crippen molar-refractivity contribution in [2.45, 2.75) is 38.6 Å². The molecule has 1 aromatic carbocycles. The lowest BCUT2D eigenvalue weighted by atomic mass is 10.1. The van der Waals surface area contributed by atoms with Crippen molar-refractivity contribution in [1.82, 2.24) is 15.2 Å². The molecule has 0 N–H and O–H groups in total. The zero-order chi connectivity index (χ0) is 19.0. The molecule has 1 aliphatic rings. The second-order valence-corrected chi connectivity index (χ2v) is 7.49. The maximum Gasteiger partial charge on any atom is 0.276 e. The van der Waals surface area contributed by atoms with Crippen molar-refractivity contribution in [2.24, 2.45) is 0 Å². The van der Waals surface area contributed by atoms with Crippen LogP contribution in [0.3, 0.4) is 0 Å². The molecule has 2 aromatic heterocycles. The van der Waals surface area contributed by atoms with Gasteiger partial charge in [-0.2, -0.15) is 0 Å². The Morgan fingerprint density at radius 3 is 2.81 bits per heavy atom. The number of likely N-dealkylation sites (tertiary alicyclic amines) is 1.